The highest BCUT2D eigenvalue weighted by Gasteiger charge is 2.47. The number of carbonyl (C=O) groups excluding carboxylic acids is 2. The summed E-state index contributed by atoms with van der Waals surface area (Å²) in [6, 6.07) is 13.8. The number of halogens is 1. The molecule has 0 spiro atoms. The van der Waals surface area contributed by atoms with Crippen molar-refractivity contribution >= 4 is 28.8 Å². The third-order valence-electron chi connectivity index (χ3n) is 5.61. The molecule has 0 saturated carbocycles. The van der Waals surface area contributed by atoms with Crippen LogP contribution >= 0.6 is 11.3 Å². The molecule has 2 aromatic carbocycles. The molecule has 156 valence electrons. The van der Waals surface area contributed by atoms with E-state index in [-0.39, 0.29) is 23.4 Å². The van der Waals surface area contributed by atoms with Crippen LogP contribution in [-0.2, 0) is 22.6 Å². The van der Waals surface area contributed by atoms with E-state index in [0.29, 0.717) is 18.6 Å². The summed E-state index contributed by atoms with van der Waals surface area (Å²) in [7, 11) is 0. The number of hydrogen-bond donors (Lipinski definition) is 1. The van der Waals surface area contributed by atoms with Gasteiger partial charge in [0, 0.05) is 22.4 Å². The van der Waals surface area contributed by atoms with Gasteiger partial charge in [0.05, 0.1) is 24.8 Å². The minimum absolute atomic E-state index is 0.106. The van der Waals surface area contributed by atoms with Crippen LogP contribution in [0.15, 0.2) is 65.6 Å². The van der Waals surface area contributed by atoms with Gasteiger partial charge in [-0.05, 0) is 41.3 Å². The van der Waals surface area contributed by atoms with Crippen molar-refractivity contribution in [1.82, 2.24) is 4.90 Å². The second kappa shape index (κ2) is 7.67. The summed E-state index contributed by atoms with van der Waals surface area (Å²) in [5.41, 5.74) is 1.38. The first-order valence-corrected chi connectivity index (χ1v) is 10.7. The number of ether oxygens (including phenoxy) is 1. The molecule has 3 aromatic rings. The maximum absolute atomic E-state index is 14.8. The van der Waals surface area contributed by atoms with Crippen molar-refractivity contribution in [2.45, 2.75) is 19.0 Å². The zero-order chi connectivity index (χ0) is 21.5. The van der Waals surface area contributed by atoms with Crippen LogP contribution in [0.1, 0.15) is 27.6 Å². The molecule has 5 rings (SSSR count). The molecule has 1 aromatic heterocycles. The zero-order valence-electron chi connectivity index (χ0n) is 16.4. The van der Waals surface area contributed by atoms with Gasteiger partial charge in [0.25, 0.3) is 11.7 Å². The Kier molecular flexibility index (Phi) is 4.82. The van der Waals surface area contributed by atoms with Gasteiger partial charge in [-0.25, -0.2) is 4.39 Å². The van der Waals surface area contributed by atoms with Crippen molar-refractivity contribution in [1.29, 1.82) is 0 Å². The Hall–Kier alpha value is -3.45. The fourth-order valence-electron chi connectivity index (χ4n) is 4.12. The van der Waals surface area contributed by atoms with Gasteiger partial charge in [0.1, 0.15) is 17.3 Å². The smallest absolute Gasteiger partial charge is 0.295 e. The number of hydrogen-bond acceptors (Lipinski definition) is 5. The SMILES string of the molecule is O=C1C(=O)N(Cc2cccs2)C(c2ccccc2F)/C1=C(\O)c1ccc2c(c1)CCO2. The van der Waals surface area contributed by atoms with Crippen LogP contribution in [0, 0.1) is 5.82 Å². The number of amides is 1. The Bertz CT molecular complexity index is 1220. The number of aliphatic hydroxyl groups excluding tert-OH is 1. The number of ketones is 1. The summed E-state index contributed by atoms with van der Waals surface area (Å²) in [6.07, 6.45) is 0.694. The summed E-state index contributed by atoms with van der Waals surface area (Å²) in [4.78, 5) is 28.2. The second-order valence-electron chi connectivity index (χ2n) is 7.45. The van der Waals surface area contributed by atoms with Crippen molar-refractivity contribution in [3.63, 3.8) is 0 Å². The fraction of sp³-hybridized carbons (Fsp3) is 0.167. The van der Waals surface area contributed by atoms with E-state index in [1.165, 1.54) is 28.4 Å². The van der Waals surface area contributed by atoms with Crippen LogP contribution in [0.3, 0.4) is 0 Å². The molecule has 0 aliphatic carbocycles. The molecule has 31 heavy (non-hydrogen) atoms. The number of likely N-dealkylation sites (tertiary alicyclic amines) is 1. The Balaban J connectivity index is 1.66. The Morgan fingerprint density at radius 1 is 1.16 bits per heavy atom. The number of nitrogens with zero attached hydrogens (tertiary/aromatic N) is 1. The van der Waals surface area contributed by atoms with Crippen LogP contribution in [0.2, 0.25) is 0 Å². The highest BCUT2D eigenvalue weighted by molar-refractivity contribution is 7.09. The number of carbonyl (C=O) groups is 2. The van der Waals surface area contributed by atoms with Gasteiger partial charge in [-0.3, -0.25) is 9.59 Å². The second-order valence-corrected chi connectivity index (χ2v) is 8.48. The van der Waals surface area contributed by atoms with Crippen molar-refractivity contribution in [2.75, 3.05) is 6.61 Å². The van der Waals surface area contributed by atoms with Gasteiger partial charge in [-0.2, -0.15) is 0 Å². The van der Waals surface area contributed by atoms with E-state index in [0.717, 1.165) is 16.2 Å². The summed E-state index contributed by atoms with van der Waals surface area (Å²) in [6.45, 7) is 0.704. The van der Waals surface area contributed by atoms with Gasteiger partial charge in [0.15, 0.2) is 0 Å². The molecule has 5 nitrogen and oxygen atoms in total. The average Bonchev–Trinajstić information content (AvgIpc) is 3.50. The summed E-state index contributed by atoms with van der Waals surface area (Å²) >= 11 is 1.44. The number of aliphatic hydroxyl groups is 1. The lowest BCUT2D eigenvalue weighted by atomic mass is 9.94. The van der Waals surface area contributed by atoms with Crippen LogP contribution < -0.4 is 4.74 Å². The Morgan fingerprint density at radius 3 is 2.77 bits per heavy atom. The number of fused-ring (bicyclic) bond motifs is 1. The Labute approximate surface area is 182 Å². The van der Waals surface area contributed by atoms with E-state index in [9.17, 15) is 19.1 Å². The lowest BCUT2D eigenvalue weighted by Crippen LogP contribution is -2.29. The minimum atomic E-state index is -1.02. The molecule has 1 atom stereocenters. The number of benzene rings is 2. The van der Waals surface area contributed by atoms with E-state index < -0.39 is 23.5 Å². The van der Waals surface area contributed by atoms with E-state index >= 15 is 0 Å². The molecular formula is C24H18FNO4S. The number of Topliss-reactive ketones (excluding diaryl/α,β-unsaturated/α-hetero) is 1. The van der Waals surface area contributed by atoms with Gasteiger partial charge in [-0.1, -0.05) is 24.3 Å². The Morgan fingerprint density at radius 2 is 2.00 bits per heavy atom. The molecular weight excluding hydrogens is 417 g/mol. The number of rotatable bonds is 4. The van der Waals surface area contributed by atoms with Crippen molar-refractivity contribution in [3.8, 4) is 5.75 Å². The molecule has 1 unspecified atom stereocenters. The van der Waals surface area contributed by atoms with Gasteiger partial charge < -0.3 is 14.7 Å². The lowest BCUT2D eigenvalue weighted by Gasteiger charge is -2.25. The first-order valence-electron chi connectivity index (χ1n) is 9.86. The van der Waals surface area contributed by atoms with E-state index in [1.807, 2.05) is 17.5 Å². The van der Waals surface area contributed by atoms with Crippen LogP contribution in [-0.4, -0.2) is 28.3 Å². The molecule has 2 aliphatic rings. The molecule has 0 bridgehead atoms. The van der Waals surface area contributed by atoms with Crippen molar-refractivity contribution in [2.24, 2.45) is 0 Å². The highest BCUT2D eigenvalue weighted by atomic mass is 32.1. The van der Waals surface area contributed by atoms with Gasteiger partial charge >= 0.3 is 0 Å². The zero-order valence-corrected chi connectivity index (χ0v) is 17.2. The monoisotopic (exact) mass is 435 g/mol. The third-order valence-corrected chi connectivity index (χ3v) is 6.47. The van der Waals surface area contributed by atoms with E-state index in [4.69, 9.17) is 4.74 Å². The standard InChI is InChI=1S/C24H18FNO4S/c25-18-6-2-1-5-17(18)21-20(22(27)15-7-8-19-14(12-15)9-10-30-19)23(28)24(29)26(21)13-16-4-3-11-31-16/h1-8,11-12,21,27H,9-10,13H2/b22-20+. The molecule has 2 aliphatic heterocycles. The quantitative estimate of drug-likeness (QED) is 0.374. The summed E-state index contributed by atoms with van der Waals surface area (Å²) in [5.74, 6) is -1.69. The fourth-order valence-corrected chi connectivity index (χ4v) is 4.83. The molecule has 1 saturated heterocycles. The van der Waals surface area contributed by atoms with Gasteiger partial charge in [-0.15, -0.1) is 11.3 Å². The van der Waals surface area contributed by atoms with Crippen LogP contribution in [0.5, 0.6) is 5.75 Å². The van der Waals surface area contributed by atoms with E-state index in [2.05, 4.69) is 0 Å². The molecule has 7 heteroatoms. The maximum Gasteiger partial charge on any atom is 0.295 e. The van der Waals surface area contributed by atoms with E-state index in [1.54, 1.807) is 30.3 Å². The molecule has 1 N–H and O–H groups in total. The van der Waals surface area contributed by atoms with Crippen molar-refractivity contribution < 1.29 is 23.8 Å². The predicted octanol–water partition coefficient (Wildman–Crippen LogP) is 4.44. The van der Waals surface area contributed by atoms with Crippen molar-refractivity contribution in [3.05, 3.63) is 92.9 Å². The number of thiophene rings is 1. The normalized spacial score (nSPS) is 19.5. The minimum Gasteiger partial charge on any atom is -0.507 e. The first kappa shape index (κ1) is 19.5. The maximum atomic E-state index is 14.8. The summed E-state index contributed by atoms with van der Waals surface area (Å²) < 4.78 is 20.3. The van der Waals surface area contributed by atoms with Gasteiger partial charge in [0.2, 0.25) is 0 Å². The first-order chi connectivity index (χ1) is 15.0. The lowest BCUT2D eigenvalue weighted by molar-refractivity contribution is -0.140. The molecule has 1 fully saturated rings. The van der Waals surface area contributed by atoms with Crippen LogP contribution in [0.4, 0.5) is 4.39 Å². The average molecular weight is 435 g/mol. The predicted molar refractivity (Wildman–Crippen MR) is 114 cm³/mol. The topological polar surface area (TPSA) is 66.8 Å². The largest absolute Gasteiger partial charge is 0.507 e. The van der Waals surface area contributed by atoms with Crippen LogP contribution in [0.25, 0.3) is 5.76 Å². The molecule has 1 amide bonds. The molecule has 0 radical (unpaired) electrons. The molecule has 3 heterocycles. The highest BCUT2D eigenvalue weighted by Crippen LogP contribution is 2.42. The summed E-state index contributed by atoms with van der Waals surface area (Å²) in [5, 5.41) is 13.0. The third kappa shape index (κ3) is 3.31.